The maximum absolute atomic E-state index is 13.0. The van der Waals surface area contributed by atoms with Crippen molar-refractivity contribution in [2.24, 2.45) is 0 Å². The molecule has 0 spiro atoms. The molecule has 0 atom stereocenters. The van der Waals surface area contributed by atoms with E-state index in [0.29, 0.717) is 21.7 Å². The van der Waals surface area contributed by atoms with Gasteiger partial charge in [0.05, 0.1) is 18.3 Å². The molecule has 0 saturated carbocycles. The van der Waals surface area contributed by atoms with Gasteiger partial charge in [-0.1, -0.05) is 0 Å². The average molecular weight is 399 g/mol. The first-order chi connectivity index (χ1) is 13.5. The third-order valence-electron chi connectivity index (χ3n) is 4.16. The summed E-state index contributed by atoms with van der Waals surface area (Å²) in [6.45, 7) is -0.319. The van der Waals surface area contributed by atoms with Crippen LogP contribution in [-0.4, -0.2) is 15.0 Å². The molecule has 4 rings (SSSR count). The molecule has 0 aliphatic heterocycles. The first-order valence-corrected chi connectivity index (χ1v) is 9.19. The Balaban J connectivity index is 1.70. The molecule has 7 nitrogen and oxygen atoms in total. The minimum atomic E-state index is -0.610. The third kappa shape index (κ3) is 3.39. The molecular weight excluding hydrogens is 385 g/mol. The topological polar surface area (TPSA) is 86.2 Å². The Morgan fingerprint density at radius 3 is 2.61 bits per heavy atom. The van der Waals surface area contributed by atoms with Crippen molar-refractivity contribution in [3.8, 4) is 0 Å². The monoisotopic (exact) mass is 399 g/mol. The van der Waals surface area contributed by atoms with Gasteiger partial charge in [-0.3, -0.25) is 18.7 Å². The van der Waals surface area contributed by atoms with Crippen LogP contribution in [0.15, 0.2) is 68.1 Å². The number of aromatic nitrogens is 2. The molecule has 1 N–H and O–H groups in total. The maximum Gasteiger partial charge on any atom is 0.332 e. The first-order valence-electron chi connectivity index (χ1n) is 8.31. The lowest BCUT2D eigenvalue weighted by molar-refractivity contribution is -0.116. The Hall–Kier alpha value is -3.46. The third-order valence-corrected chi connectivity index (χ3v) is 5.05. The van der Waals surface area contributed by atoms with Crippen LogP contribution in [0, 0.1) is 5.82 Å². The van der Waals surface area contributed by atoms with Crippen molar-refractivity contribution in [3.63, 3.8) is 0 Å². The zero-order chi connectivity index (χ0) is 19.7. The van der Waals surface area contributed by atoms with Crippen LogP contribution in [0.1, 0.15) is 5.76 Å². The molecule has 9 heteroatoms. The lowest BCUT2D eigenvalue weighted by Crippen LogP contribution is -2.41. The van der Waals surface area contributed by atoms with Crippen LogP contribution in [0.5, 0.6) is 0 Å². The highest BCUT2D eigenvalue weighted by Crippen LogP contribution is 2.16. The normalized spacial score (nSPS) is 11.0. The molecule has 0 unspecified atom stereocenters. The number of nitrogens with zero attached hydrogens (tertiary/aromatic N) is 2. The molecule has 3 aromatic heterocycles. The Labute approximate surface area is 161 Å². The van der Waals surface area contributed by atoms with Crippen molar-refractivity contribution in [1.29, 1.82) is 0 Å². The summed E-state index contributed by atoms with van der Waals surface area (Å²) in [4.78, 5) is 38.0. The molecule has 0 bridgehead atoms. The van der Waals surface area contributed by atoms with Gasteiger partial charge in [-0.25, -0.2) is 9.18 Å². The number of furan rings is 1. The summed E-state index contributed by atoms with van der Waals surface area (Å²) in [5.41, 5.74) is -0.238. The Morgan fingerprint density at radius 1 is 1.11 bits per heavy atom. The van der Waals surface area contributed by atoms with Gasteiger partial charge in [0.2, 0.25) is 5.91 Å². The second-order valence-corrected chi connectivity index (χ2v) is 6.95. The molecule has 0 aliphatic rings. The van der Waals surface area contributed by atoms with Crippen LogP contribution in [0.4, 0.5) is 10.1 Å². The Kier molecular flexibility index (Phi) is 4.66. The number of hydrogen-bond donors (Lipinski definition) is 1. The molecule has 0 fully saturated rings. The predicted octanol–water partition coefficient (Wildman–Crippen LogP) is 2.64. The molecule has 3 heterocycles. The summed E-state index contributed by atoms with van der Waals surface area (Å²) in [6, 6.07) is 10.3. The van der Waals surface area contributed by atoms with Crippen LogP contribution < -0.4 is 16.6 Å². The lowest BCUT2D eigenvalue weighted by Gasteiger charge is -2.12. The fraction of sp³-hybridized carbons (Fsp3) is 0.105. The number of nitrogens with one attached hydrogen (secondary N) is 1. The number of halogens is 1. The predicted molar refractivity (Wildman–Crippen MR) is 103 cm³/mol. The largest absolute Gasteiger partial charge is 0.467 e. The van der Waals surface area contributed by atoms with Gasteiger partial charge < -0.3 is 9.73 Å². The smallest absolute Gasteiger partial charge is 0.332 e. The summed E-state index contributed by atoms with van der Waals surface area (Å²) in [7, 11) is 0. The maximum atomic E-state index is 13.0. The number of anilines is 1. The number of fused-ring (bicyclic) bond motifs is 1. The van der Waals surface area contributed by atoms with E-state index in [1.165, 1.54) is 46.4 Å². The van der Waals surface area contributed by atoms with Gasteiger partial charge in [-0.05, 0) is 47.8 Å². The zero-order valence-electron chi connectivity index (χ0n) is 14.4. The van der Waals surface area contributed by atoms with E-state index in [1.54, 1.807) is 23.6 Å². The van der Waals surface area contributed by atoms with Crippen LogP contribution in [0.25, 0.3) is 10.2 Å². The molecule has 1 aromatic carbocycles. The summed E-state index contributed by atoms with van der Waals surface area (Å²) >= 11 is 1.20. The average Bonchev–Trinajstić information content (AvgIpc) is 3.36. The second kappa shape index (κ2) is 7.28. The molecule has 0 radical (unpaired) electrons. The van der Waals surface area contributed by atoms with E-state index >= 15 is 0 Å². The number of benzene rings is 1. The molecule has 0 aliphatic carbocycles. The Morgan fingerprint density at radius 2 is 1.89 bits per heavy atom. The van der Waals surface area contributed by atoms with Gasteiger partial charge in [-0.15, -0.1) is 11.3 Å². The van der Waals surface area contributed by atoms with Gasteiger partial charge in [0.25, 0.3) is 5.56 Å². The van der Waals surface area contributed by atoms with Gasteiger partial charge in [0.1, 0.15) is 22.8 Å². The Bertz CT molecular complexity index is 1250. The number of rotatable bonds is 5. The van der Waals surface area contributed by atoms with Gasteiger partial charge in [0.15, 0.2) is 0 Å². The SMILES string of the molecule is O=C(Cn1c(=O)n(Cc2ccco2)c(=O)c2sccc21)Nc1ccc(F)cc1. The van der Waals surface area contributed by atoms with Crippen molar-refractivity contribution in [1.82, 2.24) is 9.13 Å². The standard InChI is InChI=1S/C19H14FN3O4S/c20-12-3-5-13(6-4-12)21-16(24)11-22-15-7-9-28-17(15)18(25)23(19(22)26)10-14-2-1-8-27-14/h1-9H,10-11H2,(H,21,24). The number of carbonyl (C=O) groups is 1. The quantitative estimate of drug-likeness (QED) is 0.559. The molecule has 4 aromatic rings. The van der Waals surface area contributed by atoms with Crippen molar-refractivity contribution in [2.75, 3.05) is 5.32 Å². The molecule has 0 saturated heterocycles. The number of amides is 1. The van der Waals surface area contributed by atoms with E-state index < -0.39 is 23.0 Å². The zero-order valence-corrected chi connectivity index (χ0v) is 15.2. The van der Waals surface area contributed by atoms with Crippen molar-refractivity contribution < 1.29 is 13.6 Å². The van der Waals surface area contributed by atoms with Crippen molar-refractivity contribution in [3.05, 3.63) is 86.5 Å². The van der Waals surface area contributed by atoms with Crippen molar-refractivity contribution in [2.45, 2.75) is 13.1 Å². The van der Waals surface area contributed by atoms with Crippen molar-refractivity contribution >= 4 is 33.1 Å². The van der Waals surface area contributed by atoms with Crippen LogP contribution in [0.3, 0.4) is 0 Å². The lowest BCUT2D eigenvalue weighted by atomic mass is 10.3. The highest BCUT2D eigenvalue weighted by Gasteiger charge is 2.17. The van der Waals surface area contributed by atoms with E-state index in [9.17, 15) is 18.8 Å². The van der Waals surface area contributed by atoms with E-state index in [1.807, 2.05) is 0 Å². The molecule has 142 valence electrons. The van der Waals surface area contributed by atoms with Gasteiger partial charge in [-0.2, -0.15) is 0 Å². The number of carbonyl (C=O) groups excluding carboxylic acids is 1. The number of thiophene rings is 1. The highest BCUT2D eigenvalue weighted by atomic mass is 32.1. The minimum Gasteiger partial charge on any atom is -0.467 e. The van der Waals surface area contributed by atoms with E-state index in [4.69, 9.17) is 4.42 Å². The molecule has 28 heavy (non-hydrogen) atoms. The summed E-state index contributed by atoms with van der Waals surface area (Å²) in [5.74, 6) is -0.430. The second-order valence-electron chi connectivity index (χ2n) is 6.03. The van der Waals surface area contributed by atoms with Crippen LogP contribution in [0.2, 0.25) is 0 Å². The summed E-state index contributed by atoms with van der Waals surface area (Å²) in [6.07, 6.45) is 1.46. The van der Waals surface area contributed by atoms with E-state index in [-0.39, 0.29) is 13.1 Å². The van der Waals surface area contributed by atoms with E-state index in [0.717, 1.165) is 4.57 Å². The van der Waals surface area contributed by atoms with Gasteiger partial charge >= 0.3 is 5.69 Å². The summed E-state index contributed by atoms with van der Waals surface area (Å²) < 4.78 is 20.9. The minimum absolute atomic E-state index is 0.0297. The van der Waals surface area contributed by atoms with Crippen LogP contribution >= 0.6 is 11.3 Å². The summed E-state index contributed by atoms with van der Waals surface area (Å²) in [5, 5.41) is 4.31. The van der Waals surface area contributed by atoms with Crippen LogP contribution in [-0.2, 0) is 17.9 Å². The number of hydrogen-bond acceptors (Lipinski definition) is 5. The molecule has 1 amide bonds. The van der Waals surface area contributed by atoms with E-state index in [2.05, 4.69) is 5.32 Å². The first kappa shape index (κ1) is 17.9. The molecular formula is C19H14FN3O4S. The fourth-order valence-corrected chi connectivity index (χ4v) is 3.70. The highest BCUT2D eigenvalue weighted by molar-refractivity contribution is 7.17. The fourth-order valence-electron chi connectivity index (χ4n) is 2.86. The van der Waals surface area contributed by atoms with Gasteiger partial charge in [0, 0.05) is 5.69 Å².